The number of carbonyl (C=O) groups is 1. The number of amides is 1. The van der Waals surface area contributed by atoms with Crippen LogP contribution in [0.1, 0.15) is 5.56 Å². The van der Waals surface area contributed by atoms with Crippen molar-refractivity contribution in [2.45, 2.75) is 13.1 Å². The molecule has 5 rings (SSSR count). The molecule has 0 spiro atoms. The first-order chi connectivity index (χ1) is 15.1. The average molecular weight is 436 g/mol. The smallest absolute Gasteiger partial charge is 0.332 e. The van der Waals surface area contributed by atoms with E-state index in [1.807, 2.05) is 30.3 Å². The largest absolute Gasteiger partial charge is 0.454 e. The number of hydrogen-bond donors (Lipinski definition) is 1. The second-order valence-corrected chi connectivity index (χ2v) is 7.54. The molecule has 1 aliphatic rings. The van der Waals surface area contributed by atoms with Crippen LogP contribution in [0.3, 0.4) is 0 Å². The zero-order chi connectivity index (χ0) is 21.4. The van der Waals surface area contributed by atoms with Crippen molar-refractivity contribution >= 4 is 34.2 Å². The Morgan fingerprint density at radius 1 is 1.06 bits per heavy atom. The lowest BCUT2D eigenvalue weighted by Crippen LogP contribution is -2.41. The van der Waals surface area contributed by atoms with Gasteiger partial charge in [0, 0.05) is 17.1 Å². The second kappa shape index (κ2) is 7.73. The maximum atomic E-state index is 13.1. The number of ether oxygens (including phenoxy) is 2. The van der Waals surface area contributed by atoms with E-state index in [0.29, 0.717) is 22.7 Å². The fourth-order valence-corrected chi connectivity index (χ4v) is 4.08. The van der Waals surface area contributed by atoms with E-state index in [2.05, 4.69) is 9.69 Å². The summed E-state index contributed by atoms with van der Waals surface area (Å²) in [6.45, 7) is -0.0404. The zero-order valence-electron chi connectivity index (χ0n) is 16.1. The highest BCUT2D eigenvalue weighted by molar-refractivity contribution is 7.04. The molecule has 0 atom stereocenters. The van der Waals surface area contributed by atoms with E-state index >= 15 is 0 Å². The van der Waals surface area contributed by atoms with Crippen LogP contribution in [-0.2, 0) is 17.9 Å². The Morgan fingerprint density at radius 2 is 1.87 bits per heavy atom. The van der Waals surface area contributed by atoms with Gasteiger partial charge in [0.2, 0.25) is 12.7 Å². The zero-order valence-corrected chi connectivity index (χ0v) is 16.9. The number of carbonyl (C=O) groups excluding carboxylic acids is 1. The van der Waals surface area contributed by atoms with Gasteiger partial charge in [0.25, 0.3) is 5.56 Å². The Balaban J connectivity index is 1.47. The number of fused-ring (bicyclic) bond motifs is 2. The third kappa shape index (κ3) is 3.57. The lowest BCUT2D eigenvalue weighted by molar-refractivity contribution is -0.116. The summed E-state index contributed by atoms with van der Waals surface area (Å²) in [7, 11) is 0. The summed E-state index contributed by atoms with van der Waals surface area (Å²) in [4.78, 5) is 38.7. The van der Waals surface area contributed by atoms with Crippen molar-refractivity contribution in [1.82, 2.24) is 13.5 Å². The van der Waals surface area contributed by atoms with Gasteiger partial charge >= 0.3 is 5.69 Å². The first-order valence-electron chi connectivity index (χ1n) is 9.41. The predicted molar refractivity (Wildman–Crippen MR) is 115 cm³/mol. The van der Waals surface area contributed by atoms with Crippen molar-refractivity contribution in [2.75, 3.05) is 12.1 Å². The molecule has 0 bridgehead atoms. The minimum atomic E-state index is -0.567. The maximum absolute atomic E-state index is 13.1. The van der Waals surface area contributed by atoms with Gasteiger partial charge < -0.3 is 14.8 Å². The Bertz CT molecular complexity index is 1410. The molecule has 3 heterocycles. The van der Waals surface area contributed by atoms with E-state index in [9.17, 15) is 14.4 Å². The molecule has 1 aliphatic heterocycles. The van der Waals surface area contributed by atoms with E-state index in [1.54, 1.807) is 23.6 Å². The van der Waals surface area contributed by atoms with Crippen molar-refractivity contribution in [3.05, 3.63) is 80.3 Å². The van der Waals surface area contributed by atoms with Crippen molar-refractivity contribution in [2.24, 2.45) is 0 Å². The summed E-state index contributed by atoms with van der Waals surface area (Å²) in [5.74, 6) is 0.724. The van der Waals surface area contributed by atoms with Crippen LogP contribution < -0.4 is 26.0 Å². The molecule has 9 nitrogen and oxygen atoms in total. The normalized spacial score (nSPS) is 12.3. The van der Waals surface area contributed by atoms with Crippen molar-refractivity contribution in [3.63, 3.8) is 0 Å². The summed E-state index contributed by atoms with van der Waals surface area (Å²) in [6, 6.07) is 14.2. The van der Waals surface area contributed by atoms with Gasteiger partial charge in [-0.1, -0.05) is 30.3 Å². The minimum Gasteiger partial charge on any atom is -0.454 e. The van der Waals surface area contributed by atoms with Gasteiger partial charge in [-0.25, -0.2) is 4.79 Å². The highest BCUT2D eigenvalue weighted by Crippen LogP contribution is 2.34. The van der Waals surface area contributed by atoms with Crippen LogP contribution in [-0.4, -0.2) is 26.2 Å². The van der Waals surface area contributed by atoms with Crippen LogP contribution in [0.25, 0.3) is 11.0 Å². The van der Waals surface area contributed by atoms with Gasteiger partial charge in [-0.3, -0.25) is 18.7 Å². The number of hydrogen-bond acceptors (Lipinski definition) is 7. The van der Waals surface area contributed by atoms with Gasteiger partial charge in [0.1, 0.15) is 6.54 Å². The topological polar surface area (TPSA) is 104 Å². The summed E-state index contributed by atoms with van der Waals surface area (Å²) in [5.41, 5.74) is 0.772. The lowest BCUT2D eigenvalue weighted by atomic mass is 10.2. The van der Waals surface area contributed by atoms with Gasteiger partial charge in [-0.15, -0.1) is 0 Å². The molecule has 156 valence electrons. The number of benzene rings is 2. The van der Waals surface area contributed by atoms with Crippen LogP contribution in [0.5, 0.6) is 11.5 Å². The molecule has 10 heteroatoms. The molecule has 0 radical (unpaired) electrons. The number of nitrogens with zero attached hydrogens (tertiary/aromatic N) is 3. The van der Waals surface area contributed by atoms with Crippen LogP contribution >= 0.6 is 11.5 Å². The molecule has 0 saturated carbocycles. The molecule has 0 aliphatic carbocycles. The monoisotopic (exact) mass is 436 g/mol. The third-order valence-electron chi connectivity index (χ3n) is 4.89. The number of nitrogens with one attached hydrogen (secondary N) is 1. The van der Waals surface area contributed by atoms with Crippen molar-refractivity contribution < 1.29 is 14.3 Å². The molecule has 2 aromatic carbocycles. The van der Waals surface area contributed by atoms with Crippen molar-refractivity contribution in [1.29, 1.82) is 0 Å². The standard InChI is InChI=1S/C21H16N4O5S/c26-18(22-14-6-7-16-17(8-14)30-12-29-16)10-24-15-11-31-23-19(15)20(27)25(21(24)28)9-13-4-2-1-3-5-13/h1-8,11H,9-10,12H2,(H,22,26). The first-order valence-corrected chi connectivity index (χ1v) is 10.2. The first kappa shape index (κ1) is 19.1. The van der Waals surface area contributed by atoms with E-state index in [1.165, 1.54) is 4.57 Å². The highest BCUT2D eigenvalue weighted by atomic mass is 32.1. The van der Waals surface area contributed by atoms with Gasteiger partial charge in [0.15, 0.2) is 17.0 Å². The molecule has 31 heavy (non-hydrogen) atoms. The Hall–Kier alpha value is -3.92. The Labute approximate surface area is 179 Å². The van der Waals surface area contributed by atoms with E-state index in [0.717, 1.165) is 21.7 Å². The second-order valence-electron chi connectivity index (χ2n) is 6.91. The minimum absolute atomic E-state index is 0.0930. The molecular weight excluding hydrogens is 420 g/mol. The van der Waals surface area contributed by atoms with Crippen molar-refractivity contribution in [3.8, 4) is 11.5 Å². The molecule has 4 aromatic rings. The van der Waals surface area contributed by atoms with Crippen LogP contribution in [0, 0.1) is 0 Å². The Morgan fingerprint density at radius 3 is 2.71 bits per heavy atom. The summed E-state index contributed by atoms with van der Waals surface area (Å²) >= 11 is 1.06. The summed E-state index contributed by atoms with van der Waals surface area (Å²) in [6.07, 6.45) is 0. The molecule has 0 fully saturated rings. The van der Waals surface area contributed by atoms with Gasteiger partial charge in [-0.2, -0.15) is 4.37 Å². The molecule has 1 amide bonds. The number of rotatable bonds is 5. The van der Waals surface area contributed by atoms with Crippen LogP contribution in [0.2, 0.25) is 0 Å². The van der Waals surface area contributed by atoms with Gasteiger partial charge in [0.05, 0.1) is 12.1 Å². The molecule has 1 N–H and O–H groups in total. The summed E-state index contributed by atoms with van der Waals surface area (Å²) in [5, 5.41) is 4.35. The SMILES string of the molecule is O=C(Cn1c(=O)n(Cc2ccccc2)c(=O)c2nscc21)Nc1ccc2c(c1)OCO2. The third-order valence-corrected chi connectivity index (χ3v) is 5.51. The maximum Gasteiger partial charge on any atom is 0.332 e. The Kier molecular flexibility index (Phi) is 4.75. The predicted octanol–water partition coefficient (Wildman–Crippen LogP) is 2.04. The van der Waals surface area contributed by atoms with Crippen LogP contribution in [0.15, 0.2) is 63.5 Å². The van der Waals surface area contributed by atoms with Crippen LogP contribution in [0.4, 0.5) is 5.69 Å². The van der Waals surface area contributed by atoms with E-state index in [4.69, 9.17) is 9.47 Å². The molecular formula is C21H16N4O5S. The lowest BCUT2D eigenvalue weighted by Gasteiger charge is -2.12. The van der Waals surface area contributed by atoms with E-state index in [-0.39, 0.29) is 25.4 Å². The molecule has 2 aromatic heterocycles. The van der Waals surface area contributed by atoms with E-state index < -0.39 is 17.2 Å². The summed E-state index contributed by atoms with van der Waals surface area (Å²) < 4.78 is 17.1. The van der Waals surface area contributed by atoms with Gasteiger partial charge in [-0.05, 0) is 29.2 Å². The molecule has 0 saturated heterocycles. The molecule has 0 unspecified atom stereocenters. The fraction of sp³-hybridized carbons (Fsp3) is 0.143. The fourth-order valence-electron chi connectivity index (χ4n) is 3.41. The number of anilines is 1. The average Bonchev–Trinajstić information content (AvgIpc) is 3.44. The number of aromatic nitrogens is 3. The highest BCUT2D eigenvalue weighted by Gasteiger charge is 2.19. The quantitative estimate of drug-likeness (QED) is 0.513.